The molecule has 0 N–H and O–H groups in total. The first-order valence-electron chi connectivity index (χ1n) is 8.80. The molecule has 1 aromatic rings. The van der Waals surface area contributed by atoms with Crippen LogP contribution in [0.2, 0.25) is 0 Å². The molecule has 0 amide bonds. The van der Waals surface area contributed by atoms with Crippen molar-refractivity contribution in [2.75, 3.05) is 33.8 Å². The zero-order chi connectivity index (χ0) is 17.2. The minimum Gasteiger partial charge on any atom is -0.378 e. The van der Waals surface area contributed by atoms with Crippen LogP contribution < -0.4 is 0 Å². The third kappa shape index (κ3) is 4.36. The molecule has 1 aliphatic heterocycles. The van der Waals surface area contributed by atoms with Crippen LogP contribution in [0, 0.1) is 11.8 Å². The molecule has 134 valence electrons. The van der Waals surface area contributed by atoms with Gasteiger partial charge in [0.2, 0.25) is 0 Å². The van der Waals surface area contributed by atoms with E-state index in [-0.39, 0.29) is 12.0 Å². The summed E-state index contributed by atoms with van der Waals surface area (Å²) >= 11 is 0. The van der Waals surface area contributed by atoms with E-state index in [9.17, 15) is 8.42 Å². The maximum absolute atomic E-state index is 12.5. The van der Waals surface area contributed by atoms with Crippen LogP contribution in [0.25, 0.3) is 0 Å². The largest absolute Gasteiger partial charge is 0.378 e. The summed E-state index contributed by atoms with van der Waals surface area (Å²) in [6, 6.07) is 10.3. The van der Waals surface area contributed by atoms with E-state index in [0.717, 1.165) is 25.4 Å². The Morgan fingerprint density at radius 2 is 1.88 bits per heavy atom. The van der Waals surface area contributed by atoms with Crippen LogP contribution in [-0.2, 0) is 21.4 Å². The lowest BCUT2D eigenvalue weighted by molar-refractivity contribution is -0.0238. The van der Waals surface area contributed by atoms with Crippen LogP contribution in [0.5, 0.6) is 0 Å². The van der Waals surface area contributed by atoms with Gasteiger partial charge in [0.1, 0.15) is 0 Å². The van der Waals surface area contributed by atoms with Crippen LogP contribution in [0.3, 0.4) is 0 Å². The van der Waals surface area contributed by atoms with Gasteiger partial charge in [0.05, 0.1) is 6.10 Å². The predicted molar refractivity (Wildman–Crippen MR) is 94.9 cm³/mol. The molecule has 3 rings (SSSR count). The highest BCUT2D eigenvalue weighted by atomic mass is 32.2. The molecule has 0 radical (unpaired) electrons. The van der Waals surface area contributed by atoms with Crippen molar-refractivity contribution in [2.45, 2.75) is 31.8 Å². The Hall–Kier alpha value is -0.950. The van der Waals surface area contributed by atoms with E-state index < -0.39 is 10.2 Å². The summed E-state index contributed by atoms with van der Waals surface area (Å²) in [5.41, 5.74) is 1.24. The predicted octanol–water partition coefficient (Wildman–Crippen LogP) is 2.15. The van der Waals surface area contributed by atoms with Crippen molar-refractivity contribution in [2.24, 2.45) is 11.8 Å². The van der Waals surface area contributed by atoms with Gasteiger partial charge in [-0.25, -0.2) is 0 Å². The van der Waals surface area contributed by atoms with Gasteiger partial charge in [-0.2, -0.15) is 17.0 Å². The number of ether oxygens (including phenoxy) is 1. The lowest BCUT2D eigenvalue weighted by Crippen LogP contribution is -2.50. The molecular weight excluding hydrogens is 324 g/mol. The summed E-state index contributed by atoms with van der Waals surface area (Å²) in [4.78, 5) is 0. The van der Waals surface area contributed by atoms with Gasteiger partial charge in [-0.05, 0) is 37.2 Å². The van der Waals surface area contributed by atoms with Crippen molar-refractivity contribution in [3.8, 4) is 0 Å². The molecule has 5 nitrogen and oxygen atoms in total. The number of benzene rings is 1. The third-order valence-electron chi connectivity index (χ3n) is 5.00. The van der Waals surface area contributed by atoms with Gasteiger partial charge in [0.15, 0.2) is 0 Å². The molecule has 2 aliphatic rings. The monoisotopic (exact) mass is 352 g/mol. The Balaban J connectivity index is 1.70. The molecule has 1 aliphatic carbocycles. The van der Waals surface area contributed by atoms with Crippen molar-refractivity contribution >= 4 is 10.2 Å². The van der Waals surface area contributed by atoms with E-state index in [1.54, 1.807) is 18.4 Å². The zero-order valence-electron chi connectivity index (χ0n) is 14.6. The van der Waals surface area contributed by atoms with E-state index in [0.29, 0.717) is 13.1 Å². The topological polar surface area (TPSA) is 49.9 Å². The molecule has 1 aromatic carbocycles. The number of hydrogen-bond acceptors (Lipinski definition) is 3. The highest BCUT2D eigenvalue weighted by Gasteiger charge is 2.37. The molecule has 0 unspecified atom stereocenters. The fourth-order valence-electron chi connectivity index (χ4n) is 3.29. The first-order chi connectivity index (χ1) is 11.5. The van der Waals surface area contributed by atoms with Crippen LogP contribution >= 0.6 is 0 Å². The molecule has 0 bridgehead atoms. The molecule has 0 aromatic heterocycles. The second-order valence-electron chi connectivity index (χ2n) is 7.20. The zero-order valence-corrected chi connectivity index (χ0v) is 15.4. The third-order valence-corrected chi connectivity index (χ3v) is 6.91. The minimum absolute atomic E-state index is 0.152. The van der Waals surface area contributed by atoms with Crippen molar-refractivity contribution in [3.63, 3.8) is 0 Å². The lowest BCUT2D eigenvalue weighted by atomic mass is 9.89. The second-order valence-corrected chi connectivity index (χ2v) is 9.34. The van der Waals surface area contributed by atoms with Crippen LogP contribution in [0.15, 0.2) is 30.3 Å². The second kappa shape index (κ2) is 7.52. The van der Waals surface area contributed by atoms with E-state index in [2.05, 4.69) is 12.1 Å². The van der Waals surface area contributed by atoms with Crippen LogP contribution in [-0.4, -0.2) is 56.9 Å². The lowest BCUT2D eigenvalue weighted by Gasteiger charge is -2.38. The average Bonchev–Trinajstić information content (AvgIpc) is 3.38. The van der Waals surface area contributed by atoms with Gasteiger partial charge in [-0.15, -0.1) is 0 Å². The van der Waals surface area contributed by atoms with Crippen molar-refractivity contribution in [3.05, 3.63) is 35.9 Å². The first kappa shape index (κ1) is 17.9. The molecule has 24 heavy (non-hydrogen) atoms. The summed E-state index contributed by atoms with van der Waals surface area (Å²) in [5.74, 6) is 0.931. The average molecular weight is 353 g/mol. The first-order valence-corrected chi connectivity index (χ1v) is 10.2. The van der Waals surface area contributed by atoms with Gasteiger partial charge in [0, 0.05) is 39.7 Å². The Bertz CT molecular complexity index is 629. The Morgan fingerprint density at radius 1 is 1.17 bits per heavy atom. The summed E-state index contributed by atoms with van der Waals surface area (Å²) in [5, 5.41) is 0. The minimum atomic E-state index is -3.36. The SMILES string of the molecule is CN(C)S(=O)(=O)N1CC[C@@H](OCC2CC2)[C@@H](Cc2ccccc2)C1. The molecule has 2 atom stereocenters. The molecule has 1 saturated carbocycles. The van der Waals surface area contributed by atoms with Crippen molar-refractivity contribution in [1.29, 1.82) is 0 Å². The van der Waals surface area contributed by atoms with Gasteiger partial charge < -0.3 is 4.74 Å². The maximum atomic E-state index is 12.5. The van der Waals surface area contributed by atoms with Crippen molar-refractivity contribution in [1.82, 2.24) is 8.61 Å². The highest BCUT2D eigenvalue weighted by Crippen LogP contribution is 2.32. The van der Waals surface area contributed by atoms with E-state index in [1.807, 2.05) is 18.2 Å². The van der Waals surface area contributed by atoms with Crippen molar-refractivity contribution < 1.29 is 13.2 Å². The van der Waals surface area contributed by atoms with Gasteiger partial charge >= 0.3 is 0 Å². The Morgan fingerprint density at radius 3 is 2.50 bits per heavy atom. The van der Waals surface area contributed by atoms with Gasteiger partial charge in [-0.3, -0.25) is 0 Å². The summed E-state index contributed by atoms with van der Waals surface area (Å²) < 4.78 is 34.0. The standard InChI is InChI=1S/C18H28N2O3S/c1-19(2)24(21,22)20-11-10-18(23-14-16-8-9-16)17(13-20)12-15-6-4-3-5-7-15/h3-7,16-18H,8-14H2,1-2H3/t17-,18+/m0/s1. The van der Waals surface area contributed by atoms with Gasteiger partial charge in [-0.1, -0.05) is 30.3 Å². The normalized spacial score (nSPS) is 26.0. The molecule has 1 saturated heterocycles. The summed E-state index contributed by atoms with van der Waals surface area (Å²) in [6.07, 6.45) is 4.33. The number of hydrogen-bond donors (Lipinski definition) is 0. The van der Waals surface area contributed by atoms with Crippen LogP contribution in [0.4, 0.5) is 0 Å². The van der Waals surface area contributed by atoms with E-state index in [1.165, 1.54) is 22.7 Å². The summed E-state index contributed by atoms with van der Waals surface area (Å²) in [6.45, 7) is 1.91. The smallest absolute Gasteiger partial charge is 0.281 e. The fourth-order valence-corrected chi connectivity index (χ4v) is 4.47. The maximum Gasteiger partial charge on any atom is 0.281 e. The quantitative estimate of drug-likeness (QED) is 0.755. The van der Waals surface area contributed by atoms with E-state index >= 15 is 0 Å². The molecular formula is C18H28N2O3S. The Kier molecular flexibility index (Phi) is 5.59. The fraction of sp³-hybridized carbons (Fsp3) is 0.667. The number of rotatable bonds is 7. The molecule has 1 heterocycles. The van der Waals surface area contributed by atoms with Gasteiger partial charge in [0.25, 0.3) is 10.2 Å². The molecule has 0 spiro atoms. The molecule has 2 fully saturated rings. The Labute approximate surface area is 145 Å². The number of nitrogens with zero attached hydrogens (tertiary/aromatic N) is 2. The van der Waals surface area contributed by atoms with Crippen LogP contribution in [0.1, 0.15) is 24.8 Å². The molecule has 6 heteroatoms. The highest BCUT2D eigenvalue weighted by molar-refractivity contribution is 7.86. The summed E-state index contributed by atoms with van der Waals surface area (Å²) in [7, 11) is -0.167. The number of piperidine rings is 1. The van der Waals surface area contributed by atoms with E-state index in [4.69, 9.17) is 4.74 Å².